The Morgan fingerprint density at radius 1 is 1.08 bits per heavy atom. The number of amides is 1. The van der Waals surface area contributed by atoms with Gasteiger partial charge in [0.2, 0.25) is 5.91 Å². The lowest BCUT2D eigenvalue weighted by Gasteiger charge is -2.12. The smallest absolute Gasteiger partial charge is 0.234 e. The molecule has 0 spiro atoms. The van der Waals surface area contributed by atoms with E-state index in [4.69, 9.17) is 0 Å². The molecule has 2 heterocycles. The first-order valence-electron chi connectivity index (χ1n) is 7.90. The van der Waals surface area contributed by atoms with Gasteiger partial charge in [-0.3, -0.25) is 4.79 Å². The van der Waals surface area contributed by atoms with Gasteiger partial charge in [0.25, 0.3) is 0 Å². The summed E-state index contributed by atoms with van der Waals surface area (Å²) in [4.78, 5) is 21.4. The molecule has 4 aromatic rings. The van der Waals surface area contributed by atoms with Crippen molar-refractivity contribution in [3.05, 3.63) is 60.9 Å². The van der Waals surface area contributed by atoms with Gasteiger partial charge in [-0.15, -0.1) is 0 Å². The van der Waals surface area contributed by atoms with E-state index < -0.39 is 0 Å². The number of pyridine rings is 1. The molecule has 2 aromatic heterocycles. The molecule has 0 fully saturated rings. The van der Waals surface area contributed by atoms with Crippen molar-refractivity contribution in [2.24, 2.45) is 7.05 Å². The Bertz CT molecular complexity index is 1020. The van der Waals surface area contributed by atoms with Crippen LogP contribution in [0.3, 0.4) is 0 Å². The topological polar surface area (TPSA) is 59.8 Å². The fourth-order valence-corrected chi connectivity index (χ4v) is 3.50. The number of nitrogens with one attached hydrogen (secondary N) is 1. The third kappa shape index (κ3) is 3.08. The second-order valence-corrected chi connectivity index (χ2v) is 6.62. The van der Waals surface area contributed by atoms with E-state index >= 15 is 0 Å². The molecule has 0 radical (unpaired) electrons. The maximum atomic E-state index is 12.5. The van der Waals surface area contributed by atoms with Crippen LogP contribution in [0.5, 0.6) is 0 Å². The number of rotatable bonds is 4. The minimum absolute atomic E-state index is 0.0606. The van der Waals surface area contributed by atoms with E-state index in [-0.39, 0.29) is 5.91 Å². The maximum Gasteiger partial charge on any atom is 0.234 e. The minimum Gasteiger partial charge on any atom is -0.329 e. The van der Waals surface area contributed by atoms with E-state index in [0.29, 0.717) is 5.75 Å². The van der Waals surface area contributed by atoms with Crippen molar-refractivity contribution in [3.63, 3.8) is 0 Å². The van der Waals surface area contributed by atoms with Crippen molar-refractivity contribution >= 4 is 45.2 Å². The first-order chi connectivity index (χ1) is 12.2. The van der Waals surface area contributed by atoms with Gasteiger partial charge in [0, 0.05) is 30.2 Å². The van der Waals surface area contributed by atoms with Gasteiger partial charge >= 0.3 is 0 Å². The predicted octanol–water partition coefficient (Wildman–Crippen LogP) is 3.85. The lowest BCUT2D eigenvalue weighted by atomic mass is 10.1. The van der Waals surface area contributed by atoms with Crippen molar-refractivity contribution in [1.82, 2.24) is 14.5 Å². The summed E-state index contributed by atoms with van der Waals surface area (Å²) < 4.78 is 1.90. The molecule has 0 aliphatic carbocycles. The molecule has 25 heavy (non-hydrogen) atoms. The molecule has 0 atom stereocenters. The van der Waals surface area contributed by atoms with E-state index in [1.165, 1.54) is 11.8 Å². The number of aromatic nitrogens is 3. The van der Waals surface area contributed by atoms with Crippen LogP contribution in [0, 0.1) is 0 Å². The second-order valence-electron chi connectivity index (χ2n) is 5.68. The van der Waals surface area contributed by atoms with Crippen LogP contribution in [-0.2, 0) is 11.8 Å². The number of nitrogens with zero attached hydrogens (tertiary/aromatic N) is 3. The van der Waals surface area contributed by atoms with Crippen molar-refractivity contribution in [2.75, 3.05) is 11.1 Å². The number of aryl methyl sites for hydroxylation is 1. The van der Waals surface area contributed by atoms with Crippen molar-refractivity contribution in [1.29, 1.82) is 0 Å². The van der Waals surface area contributed by atoms with Gasteiger partial charge in [-0.2, -0.15) is 0 Å². The molecule has 1 amide bonds. The number of anilines is 1. The standard InChI is InChI=1S/C19H16N4OS/c1-23-11-10-20-19(23)25-12-17(24)22-18-13-6-2-4-8-15(13)21-16-9-5-3-7-14(16)18/h2-11H,12H2,1H3,(H,21,22,24). The van der Waals surface area contributed by atoms with Gasteiger partial charge in [-0.25, -0.2) is 9.97 Å². The minimum atomic E-state index is -0.0606. The summed E-state index contributed by atoms with van der Waals surface area (Å²) in [7, 11) is 1.91. The first-order valence-corrected chi connectivity index (χ1v) is 8.88. The Morgan fingerprint density at radius 3 is 2.32 bits per heavy atom. The Morgan fingerprint density at radius 2 is 1.72 bits per heavy atom. The molecular weight excluding hydrogens is 332 g/mol. The quantitative estimate of drug-likeness (QED) is 0.449. The number of imidazole rings is 1. The summed E-state index contributed by atoms with van der Waals surface area (Å²) in [5.41, 5.74) is 2.55. The molecule has 0 aliphatic rings. The van der Waals surface area contributed by atoms with Crippen LogP contribution in [0.25, 0.3) is 21.8 Å². The zero-order chi connectivity index (χ0) is 17.2. The molecule has 5 nitrogen and oxygen atoms in total. The normalized spacial score (nSPS) is 11.1. The van der Waals surface area contributed by atoms with Gasteiger partial charge in [0.15, 0.2) is 5.16 Å². The molecule has 124 valence electrons. The molecule has 6 heteroatoms. The van der Waals surface area contributed by atoms with Crippen LogP contribution in [0.1, 0.15) is 0 Å². The van der Waals surface area contributed by atoms with E-state index in [9.17, 15) is 4.79 Å². The van der Waals surface area contributed by atoms with Crippen molar-refractivity contribution < 1.29 is 4.79 Å². The average molecular weight is 348 g/mol. The monoisotopic (exact) mass is 348 g/mol. The van der Waals surface area contributed by atoms with E-state index in [2.05, 4.69) is 15.3 Å². The number of para-hydroxylation sites is 2. The summed E-state index contributed by atoms with van der Waals surface area (Å²) in [6.45, 7) is 0. The predicted molar refractivity (Wildman–Crippen MR) is 102 cm³/mol. The summed E-state index contributed by atoms with van der Waals surface area (Å²) in [6.07, 6.45) is 3.59. The average Bonchev–Trinajstić information content (AvgIpc) is 3.05. The Hall–Kier alpha value is -2.86. The van der Waals surface area contributed by atoms with E-state index in [1.54, 1.807) is 6.20 Å². The number of thioether (sulfide) groups is 1. The number of benzene rings is 2. The number of carbonyl (C=O) groups excluding carboxylic acids is 1. The summed E-state index contributed by atoms with van der Waals surface area (Å²) in [5.74, 6) is 0.241. The second kappa shape index (κ2) is 6.57. The Kier molecular flexibility index (Phi) is 4.11. The molecule has 0 aliphatic heterocycles. The van der Waals surface area contributed by atoms with Crippen LogP contribution in [0.15, 0.2) is 66.1 Å². The van der Waals surface area contributed by atoms with Crippen LogP contribution >= 0.6 is 11.8 Å². The summed E-state index contributed by atoms with van der Waals surface area (Å²) in [6, 6.07) is 15.7. The van der Waals surface area contributed by atoms with E-state index in [1.807, 2.05) is 66.3 Å². The molecule has 0 bridgehead atoms. The molecule has 0 unspecified atom stereocenters. The lowest BCUT2D eigenvalue weighted by Crippen LogP contribution is -2.15. The largest absolute Gasteiger partial charge is 0.329 e. The van der Waals surface area contributed by atoms with Crippen LogP contribution in [-0.4, -0.2) is 26.2 Å². The maximum absolute atomic E-state index is 12.5. The van der Waals surface area contributed by atoms with Crippen LogP contribution in [0.2, 0.25) is 0 Å². The molecule has 4 rings (SSSR count). The molecule has 0 saturated carbocycles. The van der Waals surface area contributed by atoms with Crippen LogP contribution < -0.4 is 5.32 Å². The molecule has 2 aromatic carbocycles. The van der Waals surface area contributed by atoms with Gasteiger partial charge in [-0.1, -0.05) is 48.2 Å². The lowest BCUT2D eigenvalue weighted by molar-refractivity contribution is -0.113. The highest BCUT2D eigenvalue weighted by Crippen LogP contribution is 2.30. The zero-order valence-corrected chi connectivity index (χ0v) is 14.5. The van der Waals surface area contributed by atoms with Crippen LogP contribution in [0.4, 0.5) is 5.69 Å². The summed E-state index contributed by atoms with van der Waals surface area (Å²) in [5, 5.41) is 5.77. The SMILES string of the molecule is Cn1ccnc1SCC(=O)Nc1c2ccccc2nc2ccccc12. The van der Waals surface area contributed by atoms with Gasteiger partial charge < -0.3 is 9.88 Å². The Labute approximate surface area is 149 Å². The number of fused-ring (bicyclic) bond motifs is 2. The number of hydrogen-bond acceptors (Lipinski definition) is 4. The summed E-state index contributed by atoms with van der Waals surface area (Å²) >= 11 is 1.42. The number of carbonyl (C=O) groups is 1. The Balaban J connectivity index is 1.67. The van der Waals surface area contributed by atoms with Crippen molar-refractivity contribution in [3.8, 4) is 0 Å². The number of hydrogen-bond donors (Lipinski definition) is 1. The molecule has 0 saturated heterocycles. The highest BCUT2D eigenvalue weighted by atomic mass is 32.2. The van der Waals surface area contributed by atoms with Gasteiger partial charge in [0.05, 0.1) is 22.5 Å². The fourth-order valence-electron chi connectivity index (χ4n) is 2.77. The third-order valence-corrected chi connectivity index (χ3v) is 5.02. The fraction of sp³-hybridized carbons (Fsp3) is 0.105. The highest BCUT2D eigenvalue weighted by molar-refractivity contribution is 7.99. The highest BCUT2D eigenvalue weighted by Gasteiger charge is 2.12. The molecule has 1 N–H and O–H groups in total. The van der Waals surface area contributed by atoms with Crippen molar-refractivity contribution in [2.45, 2.75) is 5.16 Å². The van der Waals surface area contributed by atoms with Gasteiger partial charge in [-0.05, 0) is 12.1 Å². The van der Waals surface area contributed by atoms with Gasteiger partial charge in [0.1, 0.15) is 0 Å². The zero-order valence-electron chi connectivity index (χ0n) is 13.6. The van der Waals surface area contributed by atoms with E-state index in [0.717, 1.165) is 32.6 Å². The molecular formula is C19H16N4OS. The first kappa shape index (κ1) is 15.7. The third-order valence-electron chi connectivity index (χ3n) is 3.96.